The molecule has 0 aliphatic heterocycles. The second-order valence-corrected chi connectivity index (χ2v) is 2.25. The van der Waals surface area contributed by atoms with Crippen LogP contribution in [0.3, 0.4) is 0 Å². The lowest BCUT2D eigenvalue weighted by Crippen LogP contribution is -1.86. The standard InChI is InChI=1S/C8H8N2.C2H6/c1-6-3-7(2)10-5-8(6)4-9;1-2/h3,5H,1-2H3;1-2H3. The molecule has 0 unspecified atom stereocenters. The summed E-state index contributed by atoms with van der Waals surface area (Å²) in [5, 5.41) is 8.52. The van der Waals surface area contributed by atoms with Crippen molar-refractivity contribution in [2.24, 2.45) is 0 Å². The van der Waals surface area contributed by atoms with E-state index >= 15 is 0 Å². The van der Waals surface area contributed by atoms with Crippen molar-refractivity contribution >= 4 is 0 Å². The zero-order valence-corrected chi connectivity index (χ0v) is 8.05. The van der Waals surface area contributed by atoms with Crippen LogP contribution in [0.25, 0.3) is 0 Å². The molecular formula is C10H14N2. The first-order valence-corrected chi connectivity index (χ1v) is 4.07. The predicted octanol–water partition coefficient (Wildman–Crippen LogP) is 2.60. The molecule has 64 valence electrons. The smallest absolute Gasteiger partial charge is 0.101 e. The third kappa shape index (κ3) is 2.71. The van der Waals surface area contributed by atoms with E-state index in [-0.39, 0.29) is 0 Å². The van der Waals surface area contributed by atoms with Crippen molar-refractivity contribution in [2.75, 3.05) is 0 Å². The zero-order chi connectivity index (χ0) is 9.56. The number of rotatable bonds is 0. The van der Waals surface area contributed by atoms with Crippen LogP contribution in [0.4, 0.5) is 0 Å². The Morgan fingerprint density at radius 3 is 2.33 bits per heavy atom. The van der Waals surface area contributed by atoms with Crippen molar-refractivity contribution in [1.29, 1.82) is 5.26 Å². The normalized spacial score (nSPS) is 7.92. The summed E-state index contributed by atoms with van der Waals surface area (Å²) < 4.78 is 0. The Labute approximate surface area is 73.9 Å². The molecule has 1 rings (SSSR count). The third-order valence-corrected chi connectivity index (χ3v) is 1.37. The van der Waals surface area contributed by atoms with E-state index in [0.29, 0.717) is 5.56 Å². The Bertz CT molecular complexity index is 284. The molecule has 0 aromatic carbocycles. The maximum Gasteiger partial charge on any atom is 0.101 e. The SMILES string of the molecule is CC.Cc1cc(C)c(C#N)cn1. The number of nitriles is 1. The quantitative estimate of drug-likeness (QED) is 0.588. The highest BCUT2D eigenvalue weighted by Crippen LogP contribution is 2.04. The van der Waals surface area contributed by atoms with Crippen LogP contribution in [-0.4, -0.2) is 4.98 Å². The summed E-state index contributed by atoms with van der Waals surface area (Å²) in [7, 11) is 0. The van der Waals surface area contributed by atoms with E-state index in [1.165, 1.54) is 0 Å². The fourth-order valence-electron chi connectivity index (χ4n) is 0.814. The van der Waals surface area contributed by atoms with E-state index in [0.717, 1.165) is 11.3 Å². The highest BCUT2D eigenvalue weighted by atomic mass is 14.7. The lowest BCUT2D eigenvalue weighted by atomic mass is 10.1. The van der Waals surface area contributed by atoms with Gasteiger partial charge in [0.15, 0.2) is 0 Å². The maximum atomic E-state index is 8.52. The molecule has 2 nitrogen and oxygen atoms in total. The Morgan fingerprint density at radius 2 is 1.92 bits per heavy atom. The van der Waals surface area contributed by atoms with Gasteiger partial charge in [-0.25, -0.2) is 0 Å². The molecule has 0 radical (unpaired) electrons. The van der Waals surface area contributed by atoms with Gasteiger partial charge in [0, 0.05) is 11.9 Å². The molecule has 0 fully saturated rings. The zero-order valence-electron chi connectivity index (χ0n) is 8.05. The molecule has 1 aromatic heterocycles. The number of aromatic nitrogens is 1. The molecule has 0 amide bonds. The van der Waals surface area contributed by atoms with Gasteiger partial charge in [-0.15, -0.1) is 0 Å². The lowest BCUT2D eigenvalue weighted by Gasteiger charge is -1.95. The van der Waals surface area contributed by atoms with Gasteiger partial charge >= 0.3 is 0 Å². The monoisotopic (exact) mass is 162 g/mol. The van der Waals surface area contributed by atoms with Crippen LogP contribution in [0.15, 0.2) is 12.3 Å². The van der Waals surface area contributed by atoms with E-state index in [4.69, 9.17) is 5.26 Å². The van der Waals surface area contributed by atoms with Gasteiger partial charge in [-0.05, 0) is 25.5 Å². The third-order valence-electron chi connectivity index (χ3n) is 1.37. The molecule has 0 aliphatic rings. The largest absolute Gasteiger partial charge is 0.260 e. The highest BCUT2D eigenvalue weighted by molar-refractivity contribution is 5.34. The second kappa shape index (κ2) is 5.31. The van der Waals surface area contributed by atoms with E-state index in [1.807, 2.05) is 33.8 Å². The molecule has 12 heavy (non-hydrogen) atoms. The summed E-state index contributed by atoms with van der Waals surface area (Å²) in [5.41, 5.74) is 2.61. The van der Waals surface area contributed by atoms with Gasteiger partial charge in [-0.1, -0.05) is 13.8 Å². The summed E-state index contributed by atoms with van der Waals surface area (Å²) in [6.07, 6.45) is 1.60. The first-order chi connectivity index (χ1) is 5.74. The Hall–Kier alpha value is -1.36. The molecule has 0 bridgehead atoms. The minimum atomic E-state index is 0.658. The molecule has 0 saturated heterocycles. The summed E-state index contributed by atoms with van der Waals surface area (Å²) >= 11 is 0. The van der Waals surface area contributed by atoms with Gasteiger partial charge in [0.1, 0.15) is 6.07 Å². The highest BCUT2D eigenvalue weighted by Gasteiger charge is 1.95. The topological polar surface area (TPSA) is 36.7 Å². The average Bonchev–Trinajstić information content (AvgIpc) is 2.08. The number of aryl methyl sites for hydroxylation is 2. The van der Waals surface area contributed by atoms with Crippen molar-refractivity contribution in [3.63, 3.8) is 0 Å². The summed E-state index contributed by atoms with van der Waals surface area (Å²) in [6.45, 7) is 7.82. The molecule has 0 N–H and O–H groups in total. The van der Waals surface area contributed by atoms with Crippen LogP contribution >= 0.6 is 0 Å². The maximum absolute atomic E-state index is 8.52. The summed E-state index contributed by atoms with van der Waals surface area (Å²) in [4.78, 5) is 3.99. The Balaban J connectivity index is 0.000000561. The molecule has 0 aliphatic carbocycles. The second-order valence-electron chi connectivity index (χ2n) is 2.25. The molecule has 0 saturated carbocycles. The van der Waals surface area contributed by atoms with E-state index in [9.17, 15) is 0 Å². The Kier molecular flexibility index (Phi) is 4.71. The molecule has 1 heterocycles. The first-order valence-electron chi connectivity index (χ1n) is 4.07. The van der Waals surface area contributed by atoms with Crippen molar-refractivity contribution in [1.82, 2.24) is 4.98 Å². The number of nitrogens with zero attached hydrogens (tertiary/aromatic N) is 2. The van der Waals surface area contributed by atoms with E-state index in [2.05, 4.69) is 11.1 Å². The van der Waals surface area contributed by atoms with Crippen LogP contribution in [0.2, 0.25) is 0 Å². The van der Waals surface area contributed by atoms with Crippen molar-refractivity contribution in [3.8, 4) is 6.07 Å². The lowest BCUT2D eigenvalue weighted by molar-refractivity contribution is 1.16. The molecule has 1 aromatic rings. The molecule has 2 heteroatoms. The molecule has 0 atom stereocenters. The summed E-state index contributed by atoms with van der Waals surface area (Å²) in [5.74, 6) is 0. The van der Waals surface area contributed by atoms with Crippen LogP contribution in [0.1, 0.15) is 30.7 Å². The average molecular weight is 162 g/mol. The van der Waals surface area contributed by atoms with Gasteiger partial charge < -0.3 is 0 Å². The predicted molar refractivity (Wildman–Crippen MR) is 49.8 cm³/mol. The van der Waals surface area contributed by atoms with Gasteiger partial charge in [0.25, 0.3) is 0 Å². The van der Waals surface area contributed by atoms with E-state index in [1.54, 1.807) is 6.20 Å². The van der Waals surface area contributed by atoms with Gasteiger partial charge in [-0.3, -0.25) is 4.98 Å². The first kappa shape index (κ1) is 10.6. The molecule has 0 spiro atoms. The van der Waals surface area contributed by atoms with Crippen molar-refractivity contribution in [3.05, 3.63) is 29.1 Å². The minimum Gasteiger partial charge on any atom is -0.260 e. The van der Waals surface area contributed by atoms with Crippen molar-refractivity contribution in [2.45, 2.75) is 27.7 Å². The van der Waals surface area contributed by atoms with Crippen LogP contribution < -0.4 is 0 Å². The van der Waals surface area contributed by atoms with E-state index < -0.39 is 0 Å². The van der Waals surface area contributed by atoms with Crippen LogP contribution in [-0.2, 0) is 0 Å². The number of hydrogen-bond donors (Lipinski definition) is 0. The van der Waals surface area contributed by atoms with Gasteiger partial charge in [-0.2, -0.15) is 5.26 Å². The number of pyridine rings is 1. The minimum absolute atomic E-state index is 0.658. The summed E-state index contributed by atoms with van der Waals surface area (Å²) in [6, 6.07) is 3.96. The molecular weight excluding hydrogens is 148 g/mol. The van der Waals surface area contributed by atoms with Gasteiger partial charge in [0.2, 0.25) is 0 Å². The van der Waals surface area contributed by atoms with Crippen molar-refractivity contribution < 1.29 is 0 Å². The fraction of sp³-hybridized carbons (Fsp3) is 0.400. The van der Waals surface area contributed by atoms with Crippen LogP contribution in [0, 0.1) is 25.2 Å². The van der Waals surface area contributed by atoms with Gasteiger partial charge in [0.05, 0.1) is 5.56 Å². The van der Waals surface area contributed by atoms with Crippen LogP contribution in [0.5, 0.6) is 0 Å². The Morgan fingerprint density at radius 1 is 1.33 bits per heavy atom. The fourth-order valence-corrected chi connectivity index (χ4v) is 0.814. The number of hydrogen-bond acceptors (Lipinski definition) is 2.